The monoisotopic (exact) mass is 336 g/mol. The number of nitrogens with zero attached hydrogens (tertiary/aromatic N) is 3. The van der Waals surface area contributed by atoms with Gasteiger partial charge in [-0.25, -0.2) is 4.79 Å². The van der Waals surface area contributed by atoms with Crippen LogP contribution in [0.4, 0.5) is 5.69 Å². The Labute approximate surface area is 145 Å². The summed E-state index contributed by atoms with van der Waals surface area (Å²) in [6.45, 7) is 0.495. The second kappa shape index (κ2) is 5.89. The van der Waals surface area contributed by atoms with Crippen LogP contribution < -0.4 is 16.3 Å². The number of amides is 1. The van der Waals surface area contributed by atoms with Crippen LogP contribution >= 0.6 is 0 Å². The number of hydrogen-bond acceptors (Lipinski definition) is 3. The third-order valence-electron chi connectivity index (χ3n) is 4.83. The first-order valence-corrected chi connectivity index (χ1v) is 8.34. The summed E-state index contributed by atoms with van der Waals surface area (Å²) >= 11 is 0. The predicted octanol–water partition coefficient (Wildman–Crippen LogP) is 1.35. The van der Waals surface area contributed by atoms with Gasteiger partial charge < -0.3 is 10.6 Å². The summed E-state index contributed by atoms with van der Waals surface area (Å²) in [6, 6.07) is 15.1. The highest BCUT2D eigenvalue weighted by Gasteiger charge is 2.24. The van der Waals surface area contributed by atoms with Gasteiger partial charge in [-0.3, -0.25) is 13.9 Å². The topological polar surface area (TPSA) is 73.3 Å². The number of aromatic nitrogens is 2. The summed E-state index contributed by atoms with van der Waals surface area (Å²) < 4.78 is 3.26. The third-order valence-corrected chi connectivity index (χ3v) is 4.83. The Hall–Kier alpha value is -2.86. The van der Waals surface area contributed by atoms with Gasteiger partial charge in [0.25, 0.3) is 0 Å². The molecule has 6 heteroatoms. The minimum atomic E-state index is -0.174. The lowest BCUT2D eigenvalue weighted by Gasteiger charge is -2.19. The average molecular weight is 336 g/mol. The molecule has 6 nitrogen and oxygen atoms in total. The number of imidazole rings is 1. The van der Waals surface area contributed by atoms with Crippen LogP contribution in [0, 0.1) is 0 Å². The molecule has 1 aliphatic heterocycles. The largest absolute Gasteiger partial charge is 0.329 e. The molecular weight excluding hydrogens is 316 g/mol. The molecular formula is C19H20N4O2. The minimum Gasteiger partial charge on any atom is -0.326 e. The predicted molar refractivity (Wildman–Crippen MR) is 97.7 cm³/mol. The highest BCUT2D eigenvalue weighted by atomic mass is 16.2. The van der Waals surface area contributed by atoms with Gasteiger partial charge in [-0.2, -0.15) is 0 Å². The van der Waals surface area contributed by atoms with Crippen molar-refractivity contribution >= 4 is 22.6 Å². The molecule has 2 N–H and O–H groups in total. The molecule has 1 aliphatic rings. The molecule has 0 saturated heterocycles. The summed E-state index contributed by atoms with van der Waals surface area (Å²) in [5.74, 6) is -0.138. The zero-order valence-electron chi connectivity index (χ0n) is 14.1. The third kappa shape index (κ3) is 2.55. The lowest BCUT2D eigenvalue weighted by Crippen LogP contribution is -2.38. The lowest BCUT2D eigenvalue weighted by atomic mass is 10.0. The first-order valence-electron chi connectivity index (χ1n) is 8.34. The Bertz CT molecular complexity index is 1000. The maximum atomic E-state index is 12.8. The summed E-state index contributed by atoms with van der Waals surface area (Å²) in [5, 5.41) is 0. The van der Waals surface area contributed by atoms with Crippen molar-refractivity contribution in [3.63, 3.8) is 0 Å². The van der Waals surface area contributed by atoms with Crippen LogP contribution in [-0.4, -0.2) is 28.1 Å². The van der Waals surface area contributed by atoms with Gasteiger partial charge >= 0.3 is 5.69 Å². The van der Waals surface area contributed by atoms with Gasteiger partial charge in [0.1, 0.15) is 6.54 Å². The Kier molecular flexibility index (Phi) is 3.69. The smallest absolute Gasteiger partial charge is 0.326 e. The molecule has 3 aromatic rings. The highest BCUT2D eigenvalue weighted by molar-refractivity contribution is 5.93. The van der Waals surface area contributed by atoms with Gasteiger partial charge in [-0.05, 0) is 30.2 Å². The van der Waals surface area contributed by atoms with Gasteiger partial charge in [0.05, 0.1) is 11.0 Å². The number of likely N-dealkylation sites (N-methyl/N-ethyl adjacent to an activating group) is 1. The van der Waals surface area contributed by atoms with Crippen LogP contribution in [0.15, 0.2) is 53.3 Å². The molecule has 0 fully saturated rings. The summed E-state index contributed by atoms with van der Waals surface area (Å²) in [7, 11) is 1.72. The van der Waals surface area contributed by atoms with Crippen molar-refractivity contribution in [1.82, 2.24) is 9.13 Å². The molecule has 0 saturated carbocycles. The zero-order valence-corrected chi connectivity index (χ0v) is 14.1. The molecule has 2 heterocycles. The number of rotatable bonds is 3. The number of para-hydroxylation sites is 2. The van der Waals surface area contributed by atoms with E-state index >= 15 is 0 Å². The maximum absolute atomic E-state index is 12.8. The average Bonchev–Trinajstić information content (AvgIpc) is 2.89. The van der Waals surface area contributed by atoms with E-state index in [0.717, 1.165) is 28.7 Å². The van der Waals surface area contributed by atoms with E-state index in [0.29, 0.717) is 6.54 Å². The van der Waals surface area contributed by atoms with Crippen molar-refractivity contribution in [1.29, 1.82) is 0 Å². The molecule has 0 bridgehead atoms. The van der Waals surface area contributed by atoms with Gasteiger partial charge in [0.15, 0.2) is 0 Å². The fraction of sp³-hybridized carbons (Fsp3) is 0.263. The number of carbonyl (C=O) groups excluding carboxylic acids is 1. The van der Waals surface area contributed by atoms with Gasteiger partial charge in [-0.15, -0.1) is 0 Å². The van der Waals surface area contributed by atoms with E-state index in [-0.39, 0.29) is 24.2 Å². The Morgan fingerprint density at radius 2 is 1.96 bits per heavy atom. The molecule has 1 unspecified atom stereocenters. The molecule has 4 rings (SSSR count). The number of nitrogens with two attached hydrogens (primary N) is 1. The van der Waals surface area contributed by atoms with Crippen LogP contribution in [-0.2, 0) is 24.3 Å². The Morgan fingerprint density at radius 1 is 1.20 bits per heavy atom. The quantitative estimate of drug-likeness (QED) is 0.785. The Balaban J connectivity index is 1.74. The van der Waals surface area contributed by atoms with E-state index in [4.69, 9.17) is 5.73 Å². The van der Waals surface area contributed by atoms with Crippen molar-refractivity contribution in [2.24, 2.45) is 5.73 Å². The van der Waals surface area contributed by atoms with Crippen LogP contribution in [0.2, 0.25) is 0 Å². The first-order chi connectivity index (χ1) is 12.1. The molecule has 25 heavy (non-hydrogen) atoms. The van der Waals surface area contributed by atoms with Crippen molar-refractivity contribution < 1.29 is 4.79 Å². The van der Waals surface area contributed by atoms with Crippen LogP contribution in [0.5, 0.6) is 0 Å². The molecule has 0 aliphatic carbocycles. The van der Waals surface area contributed by atoms with E-state index in [1.165, 1.54) is 0 Å². The number of carbonyl (C=O) groups is 1. The van der Waals surface area contributed by atoms with E-state index < -0.39 is 0 Å². The normalized spacial score (nSPS) is 16.2. The molecule has 2 aromatic carbocycles. The van der Waals surface area contributed by atoms with Gasteiger partial charge in [-0.1, -0.05) is 30.3 Å². The lowest BCUT2D eigenvalue weighted by molar-refractivity contribution is -0.118. The number of benzene rings is 2. The molecule has 0 spiro atoms. The van der Waals surface area contributed by atoms with E-state index in [1.807, 2.05) is 48.5 Å². The van der Waals surface area contributed by atoms with Crippen molar-refractivity contribution in [2.45, 2.75) is 25.6 Å². The second-order valence-electron chi connectivity index (χ2n) is 6.52. The fourth-order valence-electron chi connectivity index (χ4n) is 3.56. The molecule has 1 atom stereocenters. The SMILES string of the molecule is CN(C(=O)Cn1c(=O)n2c3c(cccc31)CC(N)C2)c1ccccc1. The molecule has 0 radical (unpaired) electrons. The molecule has 1 aromatic heterocycles. The Morgan fingerprint density at radius 3 is 2.72 bits per heavy atom. The highest BCUT2D eigenvalue weighted by Crippen LogP contribution is 2.24. The van der Waals surface area contributed by atoms with E-state index in [1.54, 1.807) is 21.1 Å². The van der Waals surface area contributed by atoms with Crippen molar-refractivity contribution in [2.75, 3.05) is 11.9 Å². The standard InChI is InChI=1S/C19H20N4O2/c1-21(15-7-3-2-4-8-15)17(24)12-22-16-9-5-6-13-10-14(20)11-23(18(13)16)19(22)25/h2-9,14H,10-12,20H2,1H3. The van der Waals surface area contributed by atoms with E-state index in [9.17, 15) is 9.59 Å². The van der Waals surface area contributed by atoms with Crippen LogP contribution in [0.25, 0.3) is 11.0 Å². The fourth-order valence-corrected chi connectivity index (χ4v) is 3.56. The van der Waals surface area contributed by atoms with Crippen molar-refractivity contribution in [3.05, 3.63) is 64.6 Å². The van der Waals surface area contributed by atoms with Crippen LogP contribution in [0.1, 0.15) is 5.56 Å². The van der Waals surface area contributed by atoms with E-state index in [2.05, 4.69) is 0 Å². The van der Waals surface area contributed by atoms with Crippen molar-refractivity contribution in [3.8, 4) is 0 Å². The summed E-state index contributed by atoms with van der Waals surface area (Å²) in [5.41, 5.74) is 9.48. The minimum absolute atomic E-state index is 0.00637. The first kappa shape index (κ1) is 15.7. The zero-order chi connectivity index (χ0) is 17.6. The second-order valence-corrected chi connectivity index (χ2v) is 6.52. The van der Waals surface area contributed by atoms with Gasteiger partial charge in [0.2, 0.25) is 5.91 Å². The summed E-state index contributed by atoms with van der Waals surface area (Å²) in [6.07, 6.45) is 0.749. The molecule has 1 amide bonds. The summed E-state index contributed by atoms with van der Waals surface area (Å²) in [4.78, 5) is 27.1. The van der Waals surface area contributed by atoms with Crippen LogP contribution in [0.3, 0.4) is 0 Å². The number of hydrogen-bond donors (Lipinski definition) is 1. The number of anilines is 1. The molecule has 128 valence electrons. The van der Waals surface area contributed by atoms with Gasteiger partial charge in [0, 0.05) is 25.3 Å². The maximum Gasteiger partial charge on any atom is 0.329 e.